The minimum absolute atomic E-state index is 0.146. The minimum Gasteiger partial charge on any atom is -0.491 e. The molecule has 0 heterocycles. The van der Waals surface area contributed by atoms with Crippen molar-refractivity contribution in [3.8, 4) is 16.9 Å². The lowest BCUT2D eigenvalue weighted by atomic mass is 9.97. The fourth-order valence-corrected chi connectivity index (χ4v) is 3.21. The van der Waals surface area contributed by atoms with Crippen LogP contribution < -0.4 is 4.74 Å². The molecule has 26 heavy (non-hydrogen) atoms. The number of aryl methyl sites for hydroxylation is 1. The zero-order valence-corrected chi connectivity index (χ0v) is 14.9. The number of fused-ring (bicyclic) bond motifs is 1. The Morgan fingerprint density at radius 3 is 2.27 bits per heavy atom. The van der Waals surface area contributed by atoms with Gasteiger partial charge in [-0.05, 0) is 41.5 Å². The first-order valence-corrected chi connectivity index (χ1v) is 8.79. The normalized spacial score (nSPS) is 11.1. The van der Waals surface area contributed by atoms with Crippen molar-refractivity contribution in [1.82, 2.24) is 0 Å². The van der Waals surface area contributed by atoms with Crippen molar-refractivity contribution < 1.29 is 17.9 Å². The molecule has 0 N–H and O–H groups in total. The topological polar surface area (TPSA) is 9.23 Å². The second kappa shape index (κ2) is 7.81. The molecule has 0 aliphatic heterocycles. The van der Waals surface area contributed by atoms with Crippen molar-refractivity contribution in [1.29, 1.82) is 0 Å². The van der Waals surface area contributed by atoms with Gasteiger partial charge in [0, 0.05) is 10.9 Å². The van der Waals surface area contributed by atoms with Gasteiger partial charge < -0.3 is 4.74 Å². The lowest BCUT2D eigenvalue weighted by Gasteiger charge is -2.11. The fraction of sp³-hybridized carbons (Fsp3) is 0.273. The molecular formula is C22H21F3O. The molecule has 0 atom stereocenters. The van der Waals surface area contributed by atoms with E-state index in [2.05, 4.69) is 11.7 Å². The Bertz CT molecular complexity index is 911. The van der Waals surface area contributed by atoms with Gasteiger partial charge in [0.1, 0.15) is 5.82 Å². The van der Waals surface area contributed by atoms with Gasteiger partial charge in [-0.1, -0.05) is 50.1 Å². The molecule has 0 aliphatic carbocycles. The molecule has 3 aromatic carbocycles. The number of ether oxygens (including phenoxy) is 1. The van der Waals surface area contributed by atoms with Crippen molar-refractivity contribution in [3.63, 3.8) is 0 Å². The van der Waals surface area contributed by atoms with Crippen LogP contribution in [-0.2, 0) is 6.42 Å². The number of benzene rings is 3. The van der Waals surface area contributed by atoms with Crippen molar-refractivity contribution in [2.45, 2.75) is 32.6 Å². The third-order valence-corrected chi connectivity index (χ3v) is 4.60. The molecule has 3 rings (SSSR count). The Morgan fingerprint density at radius 2 is 1.62 bits per heavy atom. The summed E-state index contributed by atoms with van der Waals surface area (Å²) in [5.74, 6) is -2.65. The van der Waals surface area contributed by atoms with E-state index in [1.54, 1.807) is 18.2 Å². The van der Waals surface area contributed by atoms with E-state index in [0.717, 1.165) is 36.8 Å². The molecule has 0 spiro atoms. The number of rotatable bonds is 6. The van der Waals surface area contributed by atoms with E-state index < -0.39 is 23.2 Å². The van der Waals surface area contributed by atoms with Gasteiger partial charge in [-0.25, -0.2) is 13.2 Å². The molecule has 0 bridgehead atoms. The van der Waals surface area contributed by atoms with E-state index in [9.17, 15) is 13.2 Å². The molecule has 0 radical (unpaired) electrons. The number of unbranched alkanes of at least 4 members (excludes halogenated alkanes) is 2. The summed E-state index contributed by atoms with van der Waals surface area (Å²) in [7, 11) is 1.19. The predicted octanol–water partition coefficient (Wildman–Crippen LogP) is 6.67. The third-order valence-electron chi connectivity index (χ3n) is 4.60. The van der Waals surface area contributed by atoms with Crippen LogP contribution in [0, 0.1) is 17.5 Å². The number of hydrogen-bond donors (Lipinski definition) is 0. The highest BCUT2D eigenvalue weighted by molar-refractivity contribution is 5.88. The number of methoxy groups -OCH3 is 1. The molecule has 4 heteroatoms. The van der Waals surface area contributed by atoms with Gasteiger partial charge in [-0.2, -0.15) is 0 Å². The highest BCUT2D eigenvalue weighted by atomic mass is 19.1. The van der Waals surface area contributed by atoms with Crippen LogP contribution in [0.5, 0.6) is 5.75 Å². The van der Waals surface area contributed by atoms with E-state index in [1.165, 1.54) is 19.1 Å². The summed E-state index contributed by atoms with van der Waals surface area (Å²) in [6.07, 6.45) is 4.38. The summed E-state index contributed by atoms with van der Waals surface area (Å²) < 4.78 is 47.6. The van der Waals surface area contributed by atoms with Crippen LogP contribution in [0.15, 0.2) is 42.5 Å². The summed E-state index contributed by atoms with van der Waals surface area (Å²) in [4.78, 5) is 0. The van der Waals surface area contributed by atoms with Crippen molar-refractivity contribution in [2.75, 3.05) is 7.11 Å². The van der Waals surface area contributed by atoms with E-state index in [0.29, 0.717) is 5.39 Å². The molecule has 0 fully saturated rings. The molecule has 0 aromatic heterocycles. The van der Waals surface area contributed by atoms with Crippen LogP contribution in [-0.4, -0.2) is 7.11 Å². The zero-order valence-electron chi connectivity index (χ0n) is 14.9. The Morgan fingerprint density at radius 1 is 0.885 bits per heavy atom. The highest BCUT2D eigenvalue weighted by Crippen LogP contribution is 2.33. The summed E-state index contributed by atoms with van der Waals surface area (Å²) in [5.41, 5.74) is 1.48. The van der Waals surface area contributed by atoms with Crippen molar-refractivity contribution >= 4 is 10.8 Å². The first kappa shape index (κ1) is 18.3. The molecule has 0 aliphatic rings. The lowest BCUT2D eigenvalue weighted by Crippen LogP contribution is -1.95. The monoisotopic (exact) mass is 358 g/mol. The summed E-state index contributed by atoms with van der Waals surface area (Å²) in [6, 6.07) is 11.2. The maximum Gasteiger partial charge on any atom is 0.190 e. The molecule has 0 saturated heterocycles. The highest BCUT2D eigenvalue weighted by Gasteiger charge is 2.16. The SMILES string of the molecule is CCCCCc1ccc2c(F)c(-c3cc(F)c(OC)c(F)c3)ccc2c1. The molecule has 0 amide bonds. The van der Waals surface area contributed by atoms with E-state index >= 15 is 0 Å². The Labute approximate surface area is 151 Å². The van der Waals surface area contributed by atoms with E-state index in [-0.39, 0.29) is 11.1 Å². The van der Waals surface area contributed by atoms with Gasteiger partial charge >= 0.3 is 0 Å². The van der Waals surface area contributed by atoms with Crippen LogP contribution >= 0.6 is 0 Å². The number of hydrogen-bond acceptors (Lipinski definition) is 1. The molecule has 3 aromatic rings. The standard InChI is InChI=1S/C22H21F3O/c1-3-4-5-6-14-7-9-17-15(11-14)8-10-18(21(17)25)16-12-19(23)22(26-2)20(24)13-16/h7-13H,3-6H2,1-2H3. The average molecular weight is 358 g/mol. The smallest absolute Gasteiger partial charge is 0.190 e. The summed E-state index contributed by atoms with van der Waals surface area (Å²) >= 11 is 0. The third kappa shape index (κ3) is 3.55. The maximum atomic E-state index is 15.0. The second-order valence-electron chi connectivity index (χ2n) is 6.41. The van der Waals surface area contributed by atoms with Gasteiger partial charge in [0.2, 0.25) is 0 Å². The van der Waals surface area contributed by atoms with Crippen LogP contribution in [0.2, 0.25) is 0 Å². The second-order valence-corrected chi connectivity index (χ2v) is 6.41. The van der Waals surface area contributed by atoms with Gasteiger partial charge in [-0.3, -0.25) is 0 Å². The fourth-order valence-electron chi connectivity index (χ4n) is 3.21. The largest absolute Gasteiger partial charge is 0.491 e. The lowest BCUT2D eigenvalue weighted by molar-refractivity contribution is 0.360. The Kier molecular flexibility index (Phi) is 5.50. The molecule has 0 saturated carbocycles. The number of halogens is 3. The first-order valence-electron chi connectivity index (χ1n) is 8.79. The molecular weight excluding hydrogens is 337 g/mol. The maximum absolute atomic E-state index is 15.0. The first-order chi connectivity index (χ1) is 12.5. The van der Waals surface area contributed by atoms with Crippen LogP contribution in [0.1, 0.15) is 31.7 Å². The van der Waals surface area contributed by atoms with E-state index in [1.807, 2.05) is 12.1 Å². The van der Waals surface area contributed by atoms with E-state index in [4.69, 9.17) is 0 Å². The van der Waals surface area contributed by atoms with Gasteiger partial charge in [0.05, 0.1) is 7.11 Å². The van der Waals surface area contributed by atoms with Crippen molar-refractivity contribution in [2.24, 2.45) is 0 Å². The van der Waals surface area contributed by atoms with Crippen LogP contribution in [0.4, 0.5) is 13.2 Å². The Balaban J connectivity index is 2.01. The quantitative estimate of drug-likeness (QED) is 0.447. The average Bonchev–Trinajstić information content (AvgIpc) is 2.62. The minimum atomic E-state index is -0.853. The van der Waals surface area contributed by atoms with Gasteiger partial charge in [0.15, 0.2) is 17.4 Å². The van der Waals surface area contributed by atoms with Gasteiger partial charge in [0.25, 0.3) is 0 Å². The summed E-state index contributed by atoms with van der Waals surface area (Å²) in [6.45, 7) is 2.15. The zero-order chi connectivity index (χ0) is 18.7. The summed E-state index contributed by atoms with van der Waals surface area (Å²) in [5, 5.41) is 1.23. The molecule has 136 valence electrons. The van der Waals surface area contributed by atoms with Crippen LogP contribution in [0.3, 0.4) is 0 Å². The van der Waals surface area contributed by atoms with Gasteiger partial charge in [-0.15, -0.1) is 0 Å². The molecule has 0 unspecified atom stereocenters. The van der Waals surface area contributed by atoms with Crippen molar-refractivity contribution in [3.05, 3.63) is 65.5 Å². The van der Waals surface area contributed by atoms with Crippen LogP contribution in [0.25, 0.3) is 21.9 Å². The molecule has 1 nitrogen and oxygen atoms in total. The Hall–Kier alpha value is -2.49. The predicted molar refractivity (Wildman–Crippen MR) is 99.0 cm³/mol.